The number of benzene rings is 3. The van der Waals surface area contributed by atoms with Crippen molar-refractivity contribution in [2.24, 2.45) is 0 Å². The third kappa shape index (κ3) is 7.04. The van der Waals surface area contributed by atoms with E-state index in [4.69, 9.17) is 9.62 Å². The molecule has 3 amide bonds. The number of aliphatic hydroxyl groups is 1. The Balaban J connectivity index is 1.35. The van der Waals surface area contributed by atoms with Crippen LogP contribution in [0.15, 0.2) is 77.3 Å². The highest BCUT2D eigenvalue weighted by Gasteiger charge is 2.32. The molecule has 6 rings (SSSR count). The number of unbranched alkanes of at least 4 members (excludes halogenated alkanes) is 2. The van der Waals surface area contributed by atoms with E-state index in [-0.39, 0.29) is 23.9 Å². The molecule has 1 aliphatic heterocycles. The highest BCUT2D eigenvalue weighted by Crippen LogP contribution is 2.30. The molecule has 3 heterocycles. The van der Waals surface area contributed by atoms with E-state index in [2.05, 4.69) is 24.3 Å². The van der Waals surface area contributed by atoms with Crippen molar-refractivity contribution >= 4 is 34.4 Å². The average molecular weight is 677 g/mol. The van der Waals surface area contributed by atoms with E-state index in [0.29, 0.717) is 53.5 Å². The first kappa shape index (κ1) is 34.6. The quantitative estimate of drug-likeness (QED) is 0.152. The lowest BCUT2D eigenvalue weighted by Crippen LogP contribution is -2.44. The summed E-state index contributed by atoms with van der Waals surface area (Å²) in [5, 5.41) is 23.7. The summed E-state index contributed by atoms with van der Waals surface area (Å²) in [5.74, 6) is -1.56. The van der Waals surface area contributed by atoms with Crippen LogP contribution in [-0.2, 0) is 17.8 Å². The van der Waals surface area contributed by atoms with Gasteiger partial charge in [-0.1, -0.05) is 68.2 Å². The first-order valence-electron chi connectivity index (χ1n) is 17.4. The van der Waals surface area contributed by atoms with Gasteiger partial charge in [0.25, 0.3) is 11.8 Å². The fourth-order valence-corrected chi connectivity index (χ4v) is 6.43. The van der Waals surface area contributed by atoms with Crippen molar-refractivity contribution in [3.63, 3.8) is 0 Å². The molecule has 2 atom stereocenters. The molecule has 1 aliphatic rings. The molecule has 0 bridgehead atoms. The predicted molar refractivity (Wildman–Crippen MR) is 191 cm³/mol. The minimum Gasteiger partial charge on any atom is -0.373 e. The SMILES string of the molecule is CCCCN(CCCC)C(=O)c1cc(C)n(-c2ccc(NC(=O)C(C)c3noc4ccccc34)cc2C(=O)N2Cc3ccccc3C[C@H]2O)n1. The Morgan fingerprint density at radius 2 is 1.68 bits per heavy atom. The monoisotopic (exact) mass is 676 g/mol. The third-order valence-corrected chi connectivity index (χ3v) is 9.37. The fraction of sp³-hybridized carbons (Fsp3) is 0.359. The van der Waals surface area contributed by atoms with Crippen LogP contribution in [0.4, 0.5) is 5.69 Å². The molecule has 260 valence electrons. The van der Waals surface area contributed by atoms with Crippen molar-refractivity contribution in [2.45, 2.75) is 78.5 Å². The van der Waals surface area contributed by atoms with Crippen LogP contribution in [0.5, 0.6) is 0 Å². The molecule has 0 fully saturated rings. The summed E-state index contributed by atoms with van der Waals surface area (Å²) in [6, 6.07) is 21.9. The van der Waals surface area contributed by atoms with Crippen molar-refractivity contribution in [1.82, 2.24) is 24.7 Å². The van der Waals surface area contributed by atoms with E-state index >= 15 is 0 Å². The molecule has 0 radical (unpaired) electrons. The molecule has 2 N–H and O–H groups in total. The first-order valence-corrected chi connectivity index (χ1v) is 17.4. The van der Waals surface area contributed by atoms with Gasteiger partial charge >= 0.3 is 0 Å². The van der Waals surface area contributed by atoms with Crippen LogP contribution in [0.25, 0.3) is 16.7 Å². The van der Waals surface area contributed by atoms with Gasteiger partial charge < -0.3 is 24.7 Å². The number of aryl methyl sites for hydroxylation is 1. The Bertz CT molecular complexity index is 2010. The number of carbonyl (C=O) groups excluding carboxylic acids is 3. The summed E-state index contributed by atoms with van der Waals surface area (Å²) in [7, 11) is 0. The molecule has 5 aromatic rings. The largest absolute Gasteiger partial charge is 0.373 e. The maximum atomic E-state index is 14.4. The Hall–Kier alpha value is -5.29. The van der Waals surface area contributed by atoms with Gasteiger partial charge in [0, 0.05) is 42.8 Å². The summed E-state index contributed by atoms with van der Waals surface area (Å²) in [6.07, 6.45) is 2.98. The van der Waals surface area contributed by atoms with Crippen LogP contribution in [0.3, 0.4) is 0 Å². The molecule has 11 heteroatoms. The van der Waals surface area contributed by atoms with E-state index < -0.39 is 18.1 Å². The first-order chi connectivity index (χ1) is 24.2. The Morgan fingerprint density at radius 3 is 2.42 bits per heavy atom. The number of aliphatic hydroxyl groups excluding tert-OH is 1. The fourth-order valence-electron chi connectivity index (χ4n) is 6.43. The van der Waals surface area contributed by atoms with Gasteiger partial charge in [0.15, 0.2) is 11.3 Å². The van der Waals surface area contributed by atoms with Gasteiger partial charge in [-0.3, -0.25) is 14.4 Å². The van der Waals surface area contributed by atoms with Gasteiger partial charge in [0.05, 0.1) is 17.2 Å². The zero-order chi connectivity index (χ0) is 35.4. The van der Waals surface area contributed by atoms with Crippen LogP contribution >= 0.6 is 0 Å². The summed E-state index contributed by atoms with van der Waals surface area (Å²) in [4.78, 5) is 44.9. The minimum absolute atomic E-state index is 0.150. The zero-order valence-corrected chi connectivity index (χ0v) is 29.1. The lowest BCUT2D eigenvalue weighted by Gasteiger charge is -2.34. The van der Waals surface area contributed by atoms with Crippen molar-refractivity contribution in [1.29, 1.82) is 0 Å². The van der Waals surface area contributed by atoms with Gasteiger partial charge in [-0.2, -0.15) is 5.10 Å². The van der Waals surface area contributed by atoms with Gasteiger partial charge in [0.2, 0.25) is 5.91 Å². The number of anilines is 1. The number of fused-ring (bicyclic) bond motifs is 2. The molecular weight excluding hydrogens is 632 g/mol. The predicted octanol–water partition coefficient (Wildman–Crippen LogP) is 6.62. The lowest BCUT2D eigenvalue weighted by atomic mass is 9.97. The summed E-state index contributed by atoms with van der Waals surface area (Å²) in [5.41, 5.74) is 5.05. The number of nitrogens with one attached hydrogen (secondary N) is 1. The van der Waals surface area contributed by atoms with E-state index in [1.165, 1.54) is 4.90 Å². The average Bonchev–Trinajstić information content (AvgIpc) is 3.74. The second-order valence-corrected chi connectivity index (χ2v) is 13.0. The van der Waals surface area contributed by atoms with Crippen molar-refractivity contribution in [3.8, 4) is 5.69 Å². The number of amides is 3. The number of carbonyl (C=O) groups is 3. The van der Waals surface area contributed by atoms with Gasteiger partial charge in [-0.25, -0.2) is 4.68 Å². The second-order valence-electron chi connectivity index (χ2n) is 13.0. The second kappa shape index (κ2) is 15.1. The molecule has 0 saturated carbocycles. The van der Waals surface area contributed by atoms with E-state index in [9.17, 15) is 19.5 Å². The van der Waals surface area contributed by atoms with Gasteiger partial charge in [0.1, 0.15) is 11.9 Å². The molecule has 0 saturated heterocycles. The van der Waals surface area contributed by atoms with Crippen LogP contribution in [0.2, 0.25) is 0 Å². The molecule has 1 unspecified atom stereocenters. The summed E-state index contributed by atoms with van der Waals surface area (Å²) in [6.45, 7) is 9.30. The molecule has 50 heavy (non-hydrogen) atoms. The normalized spacial score (nSPS) is 14.7. The Morgan fingerprint density at radius 1 is 0.980 bits per heavy atom. The van der Waals surface area contributed by atoms with Gasteiger partial charge in [-0.15, -0.1) is 0 Å². The standard InChI is InChI=1S/C39H44N6O5/c1-5-7-19-43(20-8-6-2)39(49)32-21-25(3)45(41-32)33-18-17-29(40-37(47)26(4)36-30-15-11-12-16-34(30)50-42-36)23-31(33)38(48)44-24-28-14-10-9-13-27(28)22-35(44)46/h9-18,21,23,26,35,46H,5-8,19-20,22,24H2,1-4H3,(H,40,47)/t26?,35-/m1/s1. The van der Waals surface area contributed by atoms with E-state index in [0.717, 1.165) is 42.2 Å². The number of aromatic nitrogens is 3. The van der Waals surface area contributed by atoms with Crippen LogP contribution in [0.1, 0.15) is 95.7 Å². The molecule has 3 aromatic carbocycles. The van der Waals surface area contributed by atoms with Crippen molar-refractivity contribution in [2.75, 3.05) is 18.4 Å². The molecule has 0 aliphatic carbocycles. The number of rotatable bonds is 12. The topological polar surface area (TPSA) is 134 Å². The number of hydrogen-bond acceptors (Lipinski definition) is 7. The lowest BCUT2D eigenvalue weighted by molar-refractivity contribution is -0.117. The number of hydrogen-bond donors (Lipinski definition) is 2. The maximum Gasteiger partial charge on any atom is 0.274 e. The van der Waals surface area contributed by atoms with E-state index in [1.54, 1.807) is 41.9 Å². The third-order valence-electron chi connectivity index (χ3n) is 9.37. The summed E-state index contributed by atoms with van der Waals surface area (Å²) >= 11 is 0. The minimum atomic E-state index is -1.05. The smallest absolute Gasteiger partial charge is 0.274 e. The number of para-hydroxylation sites is 1. The van der Waals surface area contributed by atoms with Crippen LogP contribution in [-0.4, -0.2) is 66.9 Å². The van der Waals surface area contributed by atoms with Crippen molar-refractivity contribution < 1.29 is 24.0 Å². The zero-order valence-electron chi connectivity index (χ0n) is 29.1. The Kier molecular flexibility index (Phi) is 10.4. The van der Waals surface area contributed by atoms with Crippen molar-refractivity contribution in [3.05, 3.63) is 107 Å². The van der Waals surface area contributed by atoms with Crippen LogP contribution < -0.4 is 5.32 Å². The van der Waals surface area contributed by atoms with E-state index in [1.807, 2.05) is 54.3 Å². The highest BCUT2D eigenvalue weighted by molar-refractivity contribution is 6.02. The summed E-state index contributed by atoms with van der Waals surface area (Å²) < 4.78 is 7.03. The molecule has 0 spiro atoms. The molecule has 2 aromatic heterocycles. The Labute approximate surface area is 291 Å². The highest BCUT2D eigenvalue weighted by atomic mass is 16.5. The van der Waals surface area contributed by atoms with Gasteiger partial charge in [-0.05, 0) is 74.2 Å². The molecule has 11 nitrogen and oxygen atoms in total. The van der Waals surface area contributed by atoms with Crippen LogP contribution in [0, 0.1) is 6.92 Å². The molecular formula is C39H44N6O5. The maximum absolute atomic E-state index is 14.4. The number of nitrogens with zero attached hydrogens (tertiary/aromatic N) is 5.